The third kappa shape index (κ3) is 6.99. The van der Waals surface area contributed by atoms with Crippen molar-refractivity contribution in [2.24, 2.45) is 0 Å². The zero-order chi connectivity index (χ0) is 27.2. The summed E-state index contributed by atoms with van der Waals surface area (Å²) in [5, 5.41) is 2.63. The Kier molecular flexibility index (Phi) is 9.50. The third-order valence-corrected chi connectivity index (χ3v) is 8.37. The lowest BCUT2D eigenvalue weighted by molar-refractivity contribution is -0.140. The van der Waals surface area contributed by atoms with Gasteiger partial charge in [0.25, 0.3) is 10.0 Å². The van der Waals surface area contributed by atoms with Crippen LogP contribution in [0.25, 0.3) is 0 Å². The first kappa shape index (κ1) is 28.4. The summed E-state index contributed by atoms with van der Waals surface area (Å²) in [6, 6.07) is 20.2. The van der Waals surface area contributed by atoms with Crippen molar-refractivity contribution in [3.8, 4) is 0 Å². The summed E-state index contributed by atoms with van der Waals surface area (Å²) in [5.74, 6) is -0.787. The molecular formula is C28H32BrN3O4S. The van der Waals surface area contributed by atoms with Gasteiger partial charge < -0.3 is 10.2 Å². The fourth-order valence-corrected chi connectivity index (χ4v) is 5.77. The van der Waals surface area contributed by atoms with Gasteiger partial charge in [-0.05, 0) is 56.2 Å². The Morgan fingerprint density at radius 1 is 0.946 bits per heavy atom. The van der Waals surface area contributed by atoms with Gasteiger partial charge in [0, 0.05) is 18.1 Å². The molecule has 0 fully saturated rings. The van der Waals surface area contributed by atoms with Crippen LogP contribution in [0.4, 0.5) is 5.69 Å². The summed E-state index contributed by atoms with van der Waals surface area (Å²) in [7, 11) is -2.57. The van der Waals surface area contributed by atoms with Gasteiger partial charge in [-0.3, -0.25) is 13.9 Å². The van der Waals surface area contributed by atoms with Crippen molar-refractivity contribution in [3.63, 3.8) is 0 Å². The summed E-state index contributed by atoms with van der Waals surface area (Å²) < 4.78 is 29.4. The molecule has 0 aliphatic rings. The largest absolute Gasteiger partial charge is 0.357 e. The molecule has 196 valence electrons. The quantitative estimate of drug-likeness (QED) is 0.370. The molecule has 0 saturated heterocycles. The molecule has 0 saturated carbocycles. The van der Waals surface area contributed by atoms with Gasteiger partial charge in [-0.1, -0.05) is 76.4 Å². The number of carbonyl (C=O) groups excluding carboxylic acids is 2. The van der Waals surface area contributed by atoms with Crippen molar-refractivity contribution in [2.75, 3.05) is 17.9 Å². The van der Waals surface area contributed by atoms with E-state index in [9.17, 15) is 18.0 Å². The van der Waals surface area contributed by atoms with Gasteiger partial charge in [0.1, 0.15) is 12.6 Å². The van der Waals surface area contributed by atoms with E-state index in [0.717, 1.165) is 21.0 Å². The third-order valence-electron chi connectivity index (χ3n) is 6.09. The lowest BCUT2D eigenvalue weighted by Crippen LogP contribution is -2.51. The van der Waals surface area contributed by atoms with Crippen molar-refractivity contribution in [1.29, 1.82) is 0 Å². The Morgan fingerprint density at radius 2 is 1.54 bits per heavy atom. The van der Waals surface area contributed by atoms with Crippen LogP contribution in [0.1, 0.15) is 30.0 Å². The van der Waals surface area contributed by atoms with Crippen molar-refractivity contribution in [2.45, 2.75) is 44.7 Å². The van der Waals surface area contributed by atoms with Crippen molar-refractivity contribution < 1.29 is 18.0 Å². The number of rotatable bonds is 10. The number of aryl methyl sites for hydroxylation is 2. The van der Waals surface area contributed by atoms with Crippen molar-refractivity contribution >= 4 is 43.5 Å². The maximum Gasteiger partial charge on any atom is 0.264 e. The maximum atomic E-state index is 13.9. The van der Waals surface area contributed by atoms with E-state index in [-0.39, 0.29) is 17.3 Å². The molecule has 0 radical (unpaired) electrons. The van der Waals surface area contributed by atoms with E-state index in [4.69, 9.17) is 0 Å². The highest BCUT2D eigenvalue weighted by molar-refractivity contribution is 9.10. The zero-order valence-electron chi connectivity index (χ0n) is 21.4. The van der Waals surface area contributed by atoms with Crippen LogP contribution >= 0.6 is 15.9 Å². The van der Waals surface area contributed by atoms with E-state index in [1.165, 1.54) is 24.1 Å². The second-order valence-corrected chi connectivity index (χ2v) is 11.6. The fraction of sp³-hybridized carbons (Fsp3) is 0.286. The van der Waals surface area contributed by atoms with E-state index in [1.807, 2.05) is 45.0 Å². The fourth-order valence-electron chi connectivity index (χ4n) is 3.97. The number of nitrogens with zero attached hydrogens (tertiary/aromatic N) is 2. The summed E-state index contributed by atoms with van der Waals surface area (Å²) in [6.45, 7) is 5.37. The van der Waals surface area contributed by atoms with E-state index in [0.29, 0.717) is 16.6 Å². The van der Waals surface area contributed by atoms with Crippen molar-refractivity contribution in [1.82, 2.24) is 10.2 Å². The van der Waals surface area contributed by atoms with Gasteiger partial charge in [-0.2, -0.15) is 0 Å². The molecule has 0 aliphatic heterocycles. The number of amides is 2. The molecule has 3 aromatic rings. The average molecular weight is 587 g/mol. The molecule has 0 unspecified atom stereocenters. The van der Waals surface area contributed by atoms with Crippen LogP contribution in [-0.4, -0.2) is 44.8 Å². The SMILES string of the molecule is CC[C@@H](C(=O)NC)N(Cc1ccc(C)cc1)C(=O)CN(c1cccc(Br)c1)S(=O)(=O)c1ccc(C)cc1. The Balaban J connectivity index is 2.05. The molecule has 0 aromatic heterocycles. The molecule has 0 bridgehead atoms. The Morgan fingerprint density at radius 3 is 2.08 bits per heavy atom. The van der Waals surface area contributed by atoms with Crippen LogP contribution in [0.3, 0.4) is 0 Å². The minimum atomic E-state index is -4.09. The molecule has 2 amide bonds. The summed E-state index contributed by atoms with van der Waals surface area (Å²) in [6.07, 6.45) is 0.374. The lowest BCUT2D eigenvalue weighted by atomic mass is 10.1. The standard InChI is InChI=1S/C28H32BrN3O4S/c1-5-26(28(34)30-4)31(18-22-13-9-20(2)10-14-22)27(33)19-32(24-8-6-7-23(29)17-24)37(35,36)25-15-11-21(3)12-16-25/h6-17,26H,5,18-19H2,1-4H3,(H,30,34)/t26-/m0/s1. The van der Waals surface area contributed by atoms with Crippen LogP contribution in [0.15, 0.2) is 82.2 Å². The first-order valence-corrected chi connectivity index (χ1v) is 14.2. The molecule has 3 aromatic carbocycles. The molecular weight excluding hydrogens is 554 g/mol. The number of benzene rings is 3. The molecule has 9 heteroatoms. The van der Waals surface area contributed by atoms with E-state index >= 15 is 0 Å². The lowest BCUT2D eigenvalue weighted by Gasteiger charge is -2.33. The molecule has 1 N–H and O–H groups in total. The maximum absolute atomic E-state index is 13.9. The molecule has 0 aliphatic carbocycles. The smallest absolute Gasteiger partial charge is 0.264 e. The Labute approximate surface area is 227 Å². The molecule has 37 heavy (non-hydrogen) atoms. The van der Waals surface area contributed by atoms with Gasteiger partial charge in [0.15, 0.2) is 0 Å². The molecule has 1 atom stereocenters. The number of likely N-dealkylation sites (N-methyl/N-ethyl adjacent to an activating group) is 1. The molecule has 0 heterocycles. The van der Waals surface area contributed by atoms with Gasteiger partial charge >= 0.3 is 0 Å². The zero-order valence-corrected chi connectivity index (χ0v) is 23.8. The Hall–Kier alpha value is -3.17. The number of sulfonamides is 1. The number of hydrogen-bond donors (Lipinski definition) is 1. The minimum Gasteiger partial charge on any atom is -0.357 e. The van der Waals surface area contributed by atoms with Crippen LogP contribution in [-0.2, 0) is 26.2 Å². The number of nitrogens with one attached hydrogen (secondary N) is 1. The minimum absolute atomic E-state index is 0.0781. The number of halogens is 1. The predicted molar refractivity (Wildman–Crippen MR) is 150 cm³/mol. The monoisotopic (exact) mass is 585 g/mol. The number of hydrogen-bond acceptors (Lipinski definition) is 4. The van der Waals surface area contributed by atoms with E-state index in [1.54, 1.807) is 36.4 Å². The first-order chi connectivity index (χ1) is 17.6. The average Bonchev–Trinajstić information content (AvgIpc) is 2.88. The van der Waals surface area contributed by atoms with Crippen LogP contribution in [0.2, 0.25) is 0 Å². The van der Waals surface area contributed by atoms with Crippen LogP contribution < -0.4 is 9.62 Å². The number of anilines is 1. The van der Waals surface area contributed by atoms with Gasteiger partial charge in [0.05, 0.1) is 10.6 Å². The molecule has 3 rings (SSSR count). The normalized spacial score (nSPS) is 12.0. The number of carbonyl (C=O) groups is 2. The highest BCUT2D eigenvalue weighted by Crippen LogP contribution is 2.27. The van der Waals surface area contributed by atoms with Crippen LogP contribution in [0, 0.1) is 13.8 Å². The summed E-state index contributed by atoms with van der Waals surface area (Å²) >= 11 is 3.40. The summed E-state index contributed by atoms with van der Waals surface area (Å²) in [4.78, 5) is 28.1. The molecule has 7 nitrogen and oxygen atoms in total. The van der Waals surface area contributed by atoms with Crippen LogP contribution in [0.5, 0.6) is 0 Å². The first-order valence-electron chi connectivity index (χ1n) is 12.0. The van der Waals surface area contributed by atoms with Gasteiger partial charge in [0.2, 0.25) is 11.8 Å². The van der Waals surface area contributed by atoms with Gasteiger partial charge in [-0.25, -0.2) is 8.42 Å². The topological polar surface area (TPSA) is 86.8 Å². The van der Waals surface area contributed by atoms with E-state index in [2.05, 4.69) is 21.2 Å². The Bertz CT molecular complexity index is 1340. The predicted octanol–water partition coefficient (Wildman–Crippen LogP) is 4.81. The van der Waals surface area contributed by atoms with Gasteiger partial charge in [-0.15, -0.1) is 0 Å². The molecule has 0 spiro atoms. The highest BCUT2D eigenvalue weighted by Gasteiger charge is 2.33. The van der Waals surface area contributed by atoms with E-state index < -0.39 is 28.5 Å². The highest BCUT2D eigenvalue weighted by atomic mass is 79.9. The summed E-state index contributed by atoms with van der Waals surface area (Å²) in [5.41, 5.74) is 3.18. The second kappa shape index (κ2) is 12.4. The van der Waals surface area contributed by atoms with Crippen molar-refractivity contribution in [3.05, 3.63) is 94.0 Å². The second-order valence-electron chi connectivity index (χ2n) is 8.85.